The molecule has 3 aromatic rings. The maximum atomic E-state index is 13.0. The predicted molar refractivity (Wildman–Crippen MR) is 119 cm³/mol. The highest BCUT2D eigenvalue weighted by Gasteiger charge is 2.32. The van der Waals surface area contributed by atoms with Crippen molar-refractivity contribution in [3.8, 4) is 5.75 Å². The van der Waals surface area contributed by atoms with Gasteiger partial charge in [0.05, 0.1) is 12.2 Å². The summed E-state index contributed by atoms with van der Waals surface area (Å²) in [7, 11) is 0. The Hall–Kier alpha value is -2.77. The molecule has 0 aliphatic carbocycles. The molecule has 1 aliphatic heterocycles. The highest BCUT2D eigenvalue weighted by Crippen LogP contribution is 2.38. The van der Waals surface area contributed by atoms with E-state index < -0.39 is 5.92 Å². The summed E-state index contributed by atoms with van der Waals surface area (Å²) in [5, 5.41) is 3.85. The number of hydrogen-bond donors (Lipinski definition) is 2. The van der Waals surface area contributed by atoms with Crippen LogP contribution in [0, 0.1) is 0 Å². The molecule has 8 heteroatoms. The molecule has 1 aromatic heterocycles. The summed E-state index contributed by atoms with van der Waals surface area (Å²) in [5.41, 5.74) is 2.02. The summed E-state index contributed by atoms with van der Waals surface area (Å²) in [6.45, 7) is 2.40. The van der Waals surface area contributed by atoms with Crippen molar-refractivity contribution in [1.82, 2.24) is 9.97 Å². The van der Waals surface area contributed by atoms with E-state index in [1.54, 1.807) is 0 Å². The number of nitrogens with one attached hydrogen (secondary N) is 2. The third kappa shape index (κ3) is 4.37. The number of benzene rings is 2. The lowest BCUT2D eigenvalue weighted by atomic mass is 9.86. The largest absolute Gasteiger partial charge is 0.494 e. The third-order valence-corrected chi connectivity index (χ3v) is 5.97. The van der Waals surface area contributed by atoms with Crippen LogP contribution in [-0.2, 0) is 10.5 Å². The molecule has 1 unspecified atom stereocenters. The summed E-state index contributed by atoms with van der Waals surface area (Å²) in [6, 6.07) is 15.0. The zero-order valence-electron chi connectivity index (χ0n) is 16.3. The molecule has 0 spiro atoms. The molecule has 0 saturated carbocycles. The van der Waals surface area contributed by atoms with Crippen LogP contribution in [-0.4, -0.2) is 22.5 Å². The van der Waals surface area contributed by atoms with Crippen LogP contribution in [0.2, 0.25) is 5.02 Å². The number of fused-ring (bicyclic) bond motifs is 1. The van der Waals surface area contributed by atoms with Gasteiger partial charge in [0, 0.05) is 28.7 Å². The zero-order chi connectivity index (χ0) is 21.1. The number of anilines is 1. The number of hydrogen-bond acceptors (Lipinski definition) is 5. The SMILES string of the molecule is CCOc1ccccc1C1CC(=O)Nc2nc(SCc3cccc(Cl)c3)[nH]c(=O)c21. The molecule has 6 nitrogen and oxygen atoms in total. The lowest BCUT2D eigenvalue weighted by Gasteiger charge is -2.26. The van der Waals surface area contributed by atoms with E-state index in [1.807, 2.05) is 55.5 Å². The lowest BCUT2D eigenvalue weighted by Crippen LogP contribution is -2.31. The second-order valence-electron chi connectivity index (χ2n) is 6.83. The number of H-pyrrole nitrogens is 1. The van der Waals surface area contributed by atoms with Crippen molar-refractivity contribution in [3.63, 3.8) is 0 Å². The van der Waals surface area contributed by atoms with Crippen molar-refractivity contribution in [1.29, 1.82) is 0 Å². The van der Waals surface area contributed by atoms with Crippen LogP contribution in [0.15, 0.2) is 58.5 Å². The van der Waals surface area contributed by atoms with Gasteiger partial charge < -0.3 is 15.0 Å². The second kappa shape index (κ2) is 8.93. The molecular formula is C22H20ClN3O3S. The predicted octanol–water partition coefficient (Wildman–Crippen LogP) is 4.59. The van der Waals surface area contributed by atoms with E-state index >= 15 is 0 Å². The van der Waals surface area contributed by atoms with Gasteiger partial charge in [-0.15, -0.1) is 0 Å². The molecule has 0 fully saturated rings. The zero-order valence-corrected chi connectivity index (χ0v) is 17.8. The molecule has 2 heterocycles. The number of aromatic amines is 1. The molecule has 2 N–H and O–H groups in total. The number of amides is 1. The number of carbonyl (C=O) groups is 1. The summed E-state index contributed by atoms with van der Waals surface area (Å²) >= 11 is 7.41. The number of thioether (sulfide) groups is 1. The minimum Gasteiger partial charge on any atom is -0.494 e. The van der Waals surface area contributed by atoms with Gasteiger partial charge in [0.1, 0.15) is 11.6 Å². The highest BCUT2D eigenvalue weighted by atomic mass is 35.5. The molecule has 0 bridgehead atoms. The highest BCUT2D eigenvalue weighted by molar-refractivity contribution is 7.98. The summed E-state index contributed by atoms with van der Waals surface area (Å²) in [5.74, 6) is 0.971. The van der Waals surface area contributed by atoms with Crippen molar-refractivity contribution in [3.05, 3.63) is 80.6 Å². The molecule has 1 aliphatic rings. The van der Waals surface area contributed by atoms with Crippen LogP contribution in [0.25, 0.3) is 0 Å². The second-order valence-corrected chi connectivity index (χ2v) is 8.23. The molecule has 0 saturated heterocycles. The molecule has 0 radical (unpaired) electrons. The van der Waals surface area contributed by atoms with Crippen LogP contribution in [0.5, 0.6) is 5.75 Å². The van der Waals surface area contributed by atoms with Gasteiger partial charge in [-0.25, -0.2) is 4.98 Å². The fourth-order valence-corrected chi connectivity index (χ4v) is 4.53. The Morgan fingerprint density at radius 2 is 2.03 bits per heavy atom. The van der Waals surface area contributed by atoms with Gasteiger partial charge >= 0.3 is 0 Å². The first kappa shape index (κ1) is 20.5. The van der Waals surface area contributed by atoms with Crippen molar-refractivity contribution in [2.45, 2.75) is 30.2 Å². The number of ether oxygens (including phenoxy) is 1. The Labute approximate surface area is 183 Å². The standard InChI is InChI=1S/C22H20ClN3O3S/c1-2-29-17-9-4-3-8-15(17)16-11-18(27)24-20-19(16)21(28)26-22(25-20)30-12-13-6-5-7-14(23)10-13/h3-10,16H,2,11-12H2,1H3,(H2,24,25,26,27,28). The van der Waals surface area contributed by atoms with Crippen molar-refractivity contribution >= 4 is 35.1 Å². The first-order valence-electron chi connectivity index (χ1n) is 9.58. The van der Waals surface area contributed by atoms with E-state index in [1.165, 1.54) is 11.8 Å². The average Bonchev–Trinajstić information content (AvgIpc) is 2.72. The van der Waals surface area contributed by atoms with Crippen LogP contribution in [0.1, 0.15) is 36.0 Å². The smallest absolute Gasteiger partial charge is 0.257 e. The van der Waals surface area contributed by atoms with E-state index in [4.69, 9.17) is 16.3 Å². The van der Waals surface area contributed by atoms with E-state index in [2.05, 4.69) is 15.3 Å². The van der Waals surface area contributed by atoms with Gasteiger partial charge in [0.25, 0.3) is 5.56 Å². The lowest BCUT2D eigenvalue weighted by molar-refractivity contribution is -0.116. The van der Waals surface area contributed by atoms with Gasteiger partial charge in [-0.1, -0.05) is 53.7 Å². The van der Waals surface area contributed by atoms with Crippen LogP contribution < -0.4 is 15.6 Å². The molecule has 154 valence electrons. The Balaban J connectivity index is 1.67. The van der Waals surface area contributed by atoms with E-state index in [-0.39, 0.29) is 17.9 Å². The topological polar surface area (TPSA) is 84.1 Å². The van der Waals surface area contributed by atoms with Gasteiger partial charge in [-0.3, -0.25) is 9.59 Å². The molecule has 4 rings (SSSR count). The van der Waals surface area contributed by atoms with Crippen molar-refractivity contribution < 1.29 is 9.53 Å². The third-order valence-electron chi connectivity index (χ3n) is 4.79. The number of rotatable bonds is 6. The van der Waals surface area contributed by atoms with Gasteiger partial charge in [-0.2, -0.15) is 0 Å². The number of halogens is 1. The average molecular weight is 442 g/mol. The van der Waals surface area contributed by atoms with E-state index in [9.17, 15) is 9.59 Å². The molecule has 30 heavy (non-hydrogen) atoms. The fraction of sp³-hybridized carbons (Fsp3) is 0.227. The maximum Gasteiger partial charge on any atom is 0.257 e. The number of aromatic nitrogens is 2. The molecule has 1 atom stereocenters. The fourth-order valence-electron chi connectivity index (χ4n) is 3.52. The minimum absolute atomic E-state index is 0.164. The number of nitrogens with zero attached hydrogens (tertiary/aromatic N) is 1. The monoisotopic (exact) mass is 441 g/mol. The van der Waals surface area contributed by atoms with E-state index in [0.29, 0.717) is 39.7 Å². The summed E-state index contributed by atoms with van der Waals surface area (Å²) in [6.07, 6.45) is 0.164. The Bertz CT molecular complexity index is 1150. The first-order chi connectivity index (χ1) is 14.5. The summed E-state index contributed by atoms with van der Waals surface area (Å²) < 4.78 is 5.72. The number of carbonyl (C=O) groups excluding carboxylic acids is 1. The van der Waals surface area contributed by atoms with Crippen LogP contribution >= 0.6 is 23.4 Å². The summed E-state index contributed by atoms with van der Waals surface area (Å²) in [4.78, 5) is 32.8. The minimum atomic E-state index is -0.417. The first-order valence-corrected chi connectivity index (χ1v) is 10.9. The molecule has 2 aromatic carbocycles. The van der Waals surface area contributed by atoms with Crippen LogP contribution in [0.4, 0.5) is 5.82 Å². The van der Waals surface area contributed by atoms with Gasteiger partial charge in [0.15, 0.2) is 5.16 Å². The quantitative estimate of drug-likeness (QED) is 0.431. The Kier molecular flexibility index (Phi) is 6.11. The number of para-hydroxylation sites is 1. The van der Waals surface area contributed by atoms with Crippen molar-refractivity contribution in [2.75, 3.05) is 11.9 Å². The Morgan fingerprint density at radius 1 is 1.20 bits per heavy atom. The molecule has 1 amide bonds. The van der Waals surface area contributed by atoms with Gasteiger partial charge in [-0.05, 0) is 30.7 Å². The Morgan fingerprint density at radius 3 is 2.83 bits per heavy atom. The van der Waals surface area contributed by atoms with Gasteiger partial charge in [0.2, 0.25) is 5.91 Å². The normalized spacial score (nSPS) is 15.4. The molecular weight excluding hydrogens is 422 g/mol. The van der Waals surface area contributed by atoms with Crippen LogP contribution in [0.3, 0.4) is 0 Å². The van der Waals surface area contributed by atoms with Crippen molar-refractivity contribution in [2.24, 2.45) is 0 Å². The van der Waals surface area contributed by atoms with E-state index in [0.717, 1.165) is 11.1 Å². The maximum absolute atomic E-state index is 13.0.